The van der Waals surface area contributed by atoms with Crippen LogP contribution in [-0.4, -0.2) is 42.5 Å². The molecule has 0 spiro atoms. The average molecular weight is 429 g/mol. The van der Waals surface area contributed by atoms with Gasteiger partial charge in [-0.25, -0.2) is 19.3 Å². The maximum Gasteiger partial charge on any atom is 0.333 e. The molecule has 0 fully saturated rings. The zero-order valence-electron chi connectivity index (χ0n) is 18.0. The first-order chi connectivity index (χ1) is 15.3. The fourth-order valence-electron chi connectivity index (χ4n) is 4.14. The number of imidazole rings is 1. The third-order valence-electron chi connectivity index (χ3n) is 5.66. The molecule has 32 heavy (non-hydrogen) atoms. The Morgan fingerprint density at radius 1 is 1.03 bits per heavy atom. The standard InChI is InChI=1S/C23H23N7O2/c1-14(16-7-4-5-11-24-16)29-13-23(2,3)28-21(31)15-9-10-18(26-20(15)29)30-17-8-6-12-25-19(17)27-22(30)32/h4-12,14H,13H2,1-3H3,(H,28,31)(H,25,27,32)/t14-/m0/s1. The summed E-state index contributed by atoms with van der Waals surface area (Å²) in [4.78, 5) is 44.1. The first kappa shape index (κ1) is 19.9. The molecule has 0 aromatic carbocycles. The Balaban J connectivity index is 1.71. The van der Waals surface area contributed by atoms with Crippen LogP contribution in [-0.2, 0) is 0 Å². The second kappa shape index (κ2) is 7.30. The molecule has 162 valence electrons. The Kier molecular flexibility index (Phi) is 4.54. The van der Waals surface area contributed by atoms with Crippen LogP contribution in [0.2, 0.25) is 0 Å². The molecular formula is C23H23N7O2. The molecule has 0 aliphatic carbocycles. The summed E-state index contributed by atoms with van der Waals surface area (Å²) in [7, 11) is 0. The molecule has 5 rings (SSSR count). The quantitative estimate of drug-likeness (QED) is 0.518. The van der Waals surface area contributed by atoms with Crippen molar-refractivity contribution in [1.82, 2.24) is 29.8 Å². The lowest BCUT2D eigenvalue weighted by Crippen LogP contribution is -2.49. The Morgan fingerprint density at radius 2 is 1.84 bits per heavy atom. The summed E-state index contributed by atoms with van der Waals surface area (Å²) >= 11 is 0. The van der Waals surface area contributed by atoms with Gasteiger partial charge in [-0.15, -0.1) is 0 Å². The third-order valence-corrected chi connectivity index (χ3v) is 5.66. The van der Waals surface area contributed by atoms with Gasteiger partial charge in [-0.3, -0.25) is 14.8 Å². The molecule has 0 unspecified atom stereocenters. The Labute approximate surface area is 184 Å². The van der Waals surface area contributed by atoms with Gasteiger partial charge in [0, 0.05) is 18.9 Å². The summed E-state index contributed by atoms with van der Waals surface area (Å²) in [6.45, 7) is 6.51. The fraction of sp³-hybridized carbons (Fsp3) is 0.261. The highest BCUT2D eigenvalue weighted by molar-refractivity contribution is 6.00. The van der Waals surface area contributed by atoms with Crippen molar-refractivity contribution in [3.63, 3.8) is 0 Å². The molecule has 0 radical (unpaired) electrons. The molecule has 9 heteroatoms. The zero-order chi connectivity index (χ0) is 22.5. The van der Waals surface area contributed by atoms with E-state index in [-0.39, 0.29) is 17.6 Å². The van der Waals surface area contributed by atoms with Crippen molar-refractivity contribution in [1.29, 1.82) is 0 Å². The van der Waals surface area contributed by atoms with Gasteiger partial charge in [0.1, 0.15) is 11.6 Å². The van der Waals surface area contributed by atoms with Gasteiger partial charge in [0.25, 0.3) is 5.91 Å². The SMILES string of the molecule is C[C@@H](c1ccccn1)N1CC(C)(C)NC(=O)c2ccc(-n3c(=O)[nH]c4ncccc43)nc21. The molecule has 0 saturated heterocycles. The van der Waals surface area contributed by atoms with E-state index in [1.54, 1.807) is 36.7 Å². The van der Waals surface area contributed by atoms with Crippen LogP contribution < -0.4 is 15.9 Å². The van der Waals surface area contributed by atoms with E-state index in [9.17, 15) is 9.59 Å². The third kappa shape index (κ3) is 3.31. The molecule has 9 nitrogen and oxygen atoms in total. The largest absolute Gasteiger partial charge is 0.345 e. The van der Waals surface area contributed by atoms with E-state index in [2.05, 4.69) is 25.2 Å². The minimum absolute atomic E-state index is 0.147. The van der Waals surface area contributed by atoms with Crippen LogP contribution in [0.25, 0.3) is 17.0 Å². The van der Waals surface area contributed by atoms with E-state index in [1.807, 2.05) is 39.0 Å². The van der Waals surface area contributed by atoms with Crippen molar-refractivity contribution in [2.75, 3.05) is 11.4 Å². The number of pyridine rings is 3. The van der Waals surface area contributed by atoms with Gasteiger partial charge in [-0.2, -0.15) is 0 Å². The Bertz CT molecular complexity index is 1370. The number of carbonyl (C=O) groups excluding carboxylic acids is 1. The number of nitrogens with zero attached hydrogens (tertiary/aromatic N) is 5. The van der Waals surface area contributed by atoms with Crippen LogP contribution in [0.4, 0.5) is 5.82 Å². The van der Waals surface area contributed by atoms with Crippen LogP contribution >= 0.6 is 0 Å². The summed E-state index contributed by atoms with van der Waals surface area (Å²) in [5, 5.41) is 3.08. The van der Waals surface area contributed by atoms with Crippen molar-refractivity contribution in [2.45, 2.75) is 32.4 Å². The zero-order valence-corrected chi connectivity index (χ0v) is 18.0. The molecular weight excluding hydrogens is 406 g/mol. The molecule has 4 aromatic rings. The number of aromatic amines is 1. The molecule has 5 heterocycles. The summed E-state index contributed by atoms with van der Waals surface area (Å²) in [6, 6.07) is 12.6. The van der Waals surface area contributed by atoms with Gasteiger partial charge < -0.3 is 10.2 Å². The van der Waals surface area contributed by atoms with E-state index in [0.29, 0.717) is 34.9 Å². The van der Waals surface area contributed by atoms with Crippen LogP contribution in [0.15, 0.2) is 59.7 Å². The van der Waals surface area contributed by atoms with Gasteiger partial charge in [0.2, 0.25) is 0 Å². The first-order valence-electron chi connectivity index (χ1n) is 10.4. The van der Waals surface area contributed by atoms with Crippen molar-refractivity contribution in [3.05, 3.63) is 76.6 Å². The number of hydrogen-bond acceptors (Lipinski definition) is 6. The molecule has 1 atom stereocenters. The lowest BCUT2D eigenvalue weighted by Gasteiger charge is -2.35. The van der Waals surface area contributed by atoms with Gasteiger partial charge in [-0.1, -0.05) is 6.07 Å². The minimum atomic E-state index is -0.497. The number of rotatable bonds is 3. The smallest absolute Gasteiger partial charge is 0.333 e. The van der Waals surface area contributed by atoms with Crippen LogP contribution in [0, 0.1) is 0 Å². The lowest BCUT2D eigenvalue weighted by atomic mass is 10.0. The second-order valence-corrected chi connectivity index (χ2v) is 8.57. The summed E-state index contributed by atoms with van der Waals surface area (Å²) in [6.07, 6.45) is 3.37. The number of anilines is 1. The van der Waals surface area contributed by atoms with Crippen LogP contribution in [0.5, 0.6) is 0 Å². The second-order valence-electron chi connectivity index (χ2n) is 8.57. The number of nitrogens with one attached hydrogen (secondary N) is 2. The van der Waals surface area contributed by atoms with E-state index in [0.717, 1.165) is 5.69 Å². The highest BCUT2D eigenvalue weighted by atomic mass is 16.2. The van der Waals surface area contributed by atoms with E-state index in [4.69, 9.17) is 4.98 Å². The summed E-state index contributed by atoms with van der Waals surface area (Å²) in [5.41, 5.74) is 1.58. The highest BCUT2D eigenvalue weighted by Gasteiger charge is 2.35. The van der Waals surface area contributed by atoms with Gasteiger partial charge >= 0.3 is 5.69 Å². The lowest BCUT2D eigenvalue weighted by molar-refractivity contribution is 0.0921. The molecule has 0 saturated carbocycles. The Morgan fingerprint density at radius 3 is 2.62 bits per heavy atom. The maximum atomic E-state index is 13.0. The van der Waals surface area contributed by atoms with Crippen LogP contribution in [0.3, 0.4) is 0 Å². The number of carbonyl (C=O) groups is 1. The Hall–Kier alpha value is -4.01. The van der Waals surface area contributed by atoms with Crippen molar-refractivity contribution < 1.29 is 4.79 Å². The molecule has 1 aliphatic heterocycles. The molecule has 4 aromatic heterocycles. The maximum absolute atomic E-state index is 13.0. The predicted octanol–water partition coefficient (Wildman–Crippen LogP) is 2.59. The van der Waals surface area contributed by atoms with E-state index in [1.165, 1.54) is 4.57 Å². The topological polar surface area (TPSA) is 109 Å². The van der Waals surface area contributed by atoms with E-state index >= 15 is 0 Å². The normalized spacial score (nSPS) is 16.3. The van der Waals surface area contributed by atoms with E-state index < -0.39 is 5.54 Å². The number of fused-ring (bicyclic) bond motifs is 2. The van der Waals surface area contributed by atoms with Crippen molar-refractivity contribution in [2.24, 2.45) is 0 Å². The summed E-state index contributed by atoms with van der Waals surface area (Å²) < 4.78 is 1.47. The fourth-order valence-corrected chi connectivity index (χ4v) is 4.14. The number of hydrogen-bond donors (Lipinski definition) is 2. The van der Waals surface area contributed by atoms with Gasteiger partial charge in [-0.05, 0) is 57.2 Å². The highest BCUT2D eigenvalue weighted by Crippen LogP contribution is 2.32. The number of aromatic nitrogens is 5. The minimum Gasteiger partial charge on any atom is -0.345 e. The summed E-state index contributed by atoms with van der Waals surface area (Å²) in [5.74, 6) is 0.723. The average Bonchev–Trinajstić information content (AvgIpc) is 3.07. The predicted molar refractivity (Wildman–Crippen MR) is 121 cm³/mol. The number of amides is 1. The molecule has 1 amide bonds. The van der Waals surface area contributed by atoms with Crippen LogP contribution in [0.1, 0.15) is 42.9 Å². The molecule has 0 bridgehead atoms. The van der Waals surface area contributed by atoms with Crippen molar-refractivity contribution in [3.8, 4) is 5.82 Å². The van der Waals surface area contributed by atoms with Gasteiger partial charge in [0.15, 0.2) is 5.65 Å². The van der Waals surface area contributed by atoms with Gasteiger partial charge in [0.05, 0.1) is 28.4 Å². The first-order valence-corrected chi connectivity index (χ1v) is 10.4. The molecule has 2 N–H and O–H groups in total. The number of H-pyrrole nitrogens is 1. The van der Waals surface area contributed by atoms with Crippen molar-refractivity contribution >= 4 is 22.9 Å². The molecule has 1 aliphatic rings. The monoisotopic (exact) mass is 429 g/mol.